The van der Waals surface area contributed by atoms with Crippen LogP contribution in [0, 0.1) is 6.92 Å². The highest BCUT2D eigenvalue weighted by Crippen LogP contribution is 2.15. The number of hydrogen-bond acceptors (Lipinski definition) is 3. The number of nitrogens with zero attached hydrogens (tertiary/aromatic N) is 3. The van der Waals surface area contributed by atoms with Crippen molar-refractivity contribution in [2.24, 2.45) is 5.73 Å². The zero-order valence-corrected chi connectivity index (χ0v) is 13.2. The fourth-order valence-corrected chi connectivity index (χ4v) is 2.49. The van der Waals surface area contributed by atoms with Gasteiger partial charge in [-0.15, -0.1) is 5.10 Å². The molecular formula is C19H20N4. The quantitative estimate of drug-likeness (QED) is 0.787. The molecule has 3 rings (SSSR count). The molecule has 0 saturated heterocycles. The Balaban J connectivity index is 1.91. The maximum atomic E-state index is 5.81. The van der Waals surface area contributed by atoms with E-state index in [1.165, 1.54) is 11.1 Å². The van der Waals surface area contributed by atoms with Gasteiger partial charge in [-0.2, -0.15) is 0 Å². The molecule has 0 saturated carbocycles. The van der Waals surface area contributed by atoms with Crippen molar-refractivity contribution in [3.8, 4) is 0 Å². The Hall–Kier alpha value is -2.72. The first-order chi connectivity index (χ1) is 11.3. The zero-order valence-electron chi connectivity index (χ0n) is 13.2. The summed E-state index contributed by atoms with van der Waals surface area (Å²) in [5, 5.41) is 8.48. The normalized spacial score (nSPS) is 11.2. The third-order valence-electron chi connectivity index (χ3n) is 3.86. The van der Waals surface area contributed by atoms with Crippen LogP contribution in [-0.4, -0.2) is 15.0 Å². The predicted octanol–water partition coefficient (Wildman–Crippen LogP) is 3.26. The average molecular weight is 304 g/mol. The van der Waals surface area contributed by atoms with E-state index in [0.29, 0.717) is 13.1 Å². The first kappa shape index (κ1) is 15.2. The predicted molar refractivity (Wildman–Crippen MR) is 93.6 cm³/mol. The summed E-state index contributed by atoms with van der Waals surface area (Å²) < 4.78 is 1.91. The fraction of sp³-hybridized carbons (Fsp3) is 0.158. The van der Waals surface area contributed by atoms with Crippen LogP contribution in [-0.2, 0) is 13.1 Å². The third kappa shape index (κ3) is 3.55. The molecule has 116 valence electrons. The van der Waals surface area contributed by atoms with Crippen molar-refractivity contribution in [1.82, 2.24) is 15.0 Å². The van der Waals surface area contributed by atoms with Crippen molar-refractivity contribution in [2.75, 3.05) is 0 Å². The smallest absolute Gasteiger partial charge is 0.104 e. The topological polar surface area (TPSA) is 56.7 Å². The van der Waals surface area contributed by atoms with Crippen LogP contribution in [0.1, 0.15) is 28.1 Å². The molecule has 0 radical (unpaired) electrons. The maximum absolute atomic E-state index is 5.81. The van der Waals surface area contributed by atoms with Gasteiger partial charge in [-0.1, -0.05) is 65.9 Å². The van der Waals surface area contributed by atoms with Crippen LogP contribution in [0.15, 0.2) is 54.6 Å². The molecule has 0 fully saturated rings. The molecular weight excluding hydrogens is 284 g/mol. The number of aryl methyl sites for hydroxylation is 1. The lowest BCUT2D eigenvalue weighted by Gasteiger charge is -2.07. The molecule has 1 heterocycles. The van der Waals surface area contributed by atoms with E-state index in [1.54, 1.807) is 0 Å². The van der Waals surface area contributed by atoms with Gasteiger partial charge in [0.1, 0.15) is 5.69 Å². The van der Waals surface area contributed by atoms with Gasteiger partial charge >= 0.3 is 0 Å². The highest BCUT2D eigenvalue weighted by Gasteiger charge is 2.10. The summed E-state index contributed by atoms with van der Waals surface area (Å²) in [6.45, 7) is 3.17. The number of rotatable bonds is 5. The number of nitrogens with two attached hydrogens (primary N) is 1. The second kappa shape index (κ2) is 7.03. The van der Waals surface area contributed by atoms with Gasteiger partial charge in [0.25, 0.3) is 0 Å². The van der Waals surface area contributed by atoms with Crippen molar-refractivity contribution in [1.29, 1.82) is 0 Å². The Bertz CT molecular complexity index is 803. The lowest BCUT2D eigenvalue weighted by atomic mass is 10.1. The van der Waals surface area contributed by atoms with Crippen LogP contribution < -0.4 is 5.73 Å². The summed E-state index contributed by atoms with van der Waals surface area (Å²) in [6.07, 6.45) is 4.10. The first-order valence-electron chi connectivity index (χ1n) is 7.68. The molecule has 2 aromatic carbocycles. The summed E-state index contributed by atoms with van der Waals surface area (Å²) in [6, 6.07) is 18.5. The third-order valence-corrected chi connectivity index (χ3v) is 3.86. The second-order valence-electron chi connectivity index (χ2n) is 5.45. The van der Waals surface area contributed by atoms with E-state index in [-0.39, 0.29) is 0 Å². The van der Waals surface area contributed by atoms with Crippen LogP contribution >= 0.6 is 0 Å². The average Bonchev–Trinajstić information content (AvgIpc) is 2.98. The minimum absolute atomic E-state index is 0.377. The maximum Gasteiger partial charge on any atom is 0.104 e. The largest absolute Gasteiger partial charge is 0.325 e. The highest BCUT2D eigenvalue weighted by molar-refractivity contribution is 5.68. The van der Waals surface area contributed by atoms with E-state index >= 15 is 0 Å². The van der Waals surface area contributed by atoms with E-state index in [1.807, 2.05) is 41.1 Å². The number of aromatic nitrogens is 3. The molecule has 0 aliphatic rings. The Morgan fingerprint density at radius 1 is 1.00 bits per heavy atom. The van der Waals surface area contributed by atoms with E-state index in [9.17, 15) is 0 Å². The first-order valence-corrected chi connectivity index (χ1v) is 7.68. The van der Waals surface area contributed by atoms with Crippen molar-refractivity contribution >= 4 is 12.2 Å². The van der Waals surface area contributed by atoms with Crippen LogP contribution in [0.25, 0.3) is 12.2 Å². The Morgan fingerprint density at radius 3 is 2.48 bits per heavy atom. The number of benzene rings is 2. The van der Waals surface area contributed by atoms with Gasteiger partial charge in [-0.25, -0.2) is 4.68 Å². The summed E-state index contributed by atoms with van der Waals surface area (Å²) in [5.41, 5.74) is 11.2. The van der Waals surface area contributed by atoms with Crippen molar-refractivity contribution in [2.45, 2.75) is 20.0 Å². The molecule has 0 aliphatic carbocycles. The minimum Gasteiger partial charge on any atom is -0.325 e. The van der Waals surface area contributed by atoms with E-state index in [0.717, 1.165) is 17.0 Å². The number of hydrogen-bond donors (Lipinski definition) is 1. The van der Waals surface area contributed by atoms with Gasteiger partial charge in [0, 0.05) is 6.54 Å². The Kier molecular flexibility index (Phi) is 4.64. The summed E-state index contributed by atoms with van der Waals surface area (Å²) in [5.74, 6) is 0. The van der Waals surface area contributed by atoms with Gasteiger partial charge in [-0.3, -0.25) is 0 Å². The SMILES string of the molecule is Cc1ccccc1Cn1nnc(CN)c1/C=C/c1ccccc1. The summed E-state index contributed by atoms with van der Waals surface area (Å²) >= 11 is 0. The molecule has 0 bridgehead atoms. The lowest BCUT2D eigenvalue weighted by molar-refractivity contribution is 0.642. The Morgan fingerprint density at radius 2 is 1.74 bits per heavy atom. The van der Waals surface area contributed by atoms with Crippen molar-refractivity contribution in [3.63, 3.8) is 0 Å². The van der Waals surface area contributed by atoms with Crippen molar-refractivity contribution < 1.29 is 0 Å². The standard InChI is InChI=1S/C19H20N4/c1-15-7-5-6-10-17(15)14-23-19(18(13-20)21-22-23)12-11-16-8-3-2-4-9-16/h2-12H,13-14,20H2,1H3/b12-11+. The molecule has 3 aromatic rings. The summed E-state index contributed by atoms with van der Waals surface area (Å²) in [7, 11) is 0. The van der Waals surface area contributed by atoms with Gasteiger partial charge in [0.05, 0.1) is 12.2 Å². The lowest BCUT2D eigenvalue weighted by Crippen LogP contribution is -2.06. The monoisotopic (exact) mass is 304 g/mol. The molecule has 4 nitrogen and oxygen atoms in total. The molecule has 23 heavy (non-hydrogen) atoms. The van der Waals surface area contributed by atoms with Gasteiger partial charge in [-0.05, 0) is 29.7 Å². The minimum atomic E-state index is 0.377. The van der Waals surface area contributed by atoms with Crippen LogP contribution in [0.5, 0.6) is 0 Å². The molecule has 0 aliphatic heterocycles. The summed E-state index contributed by atoms with van der Waals surface area (Å²) in [4.78, 5) is 0. The zero-order chi connectivity index (χ0) is 16.1. The molecule has 0 spiro atoms. The van der Waals surface area contributed by atoms with E-state index in [2.05, 4.69) is 47.6 Å². The second-order valence-corrected chi connectivity index (χ2v) is 5.45. The molecule has 0 amide bonds. The Labute approximate surface area is 136 Å². The van der Waals surface area contributed by atoms with Gasteiger partial charge in [0.15, 0.2) is 0 Å². The van der Waals surface area contributed by atoms with Gasteiger partial charge < -0.3 is 5.73 Å². The molecule has 4 heteroatoms. The van der Waals surface area contributed by atoms with Gasteiger partial charge in [0.2, 0.25) is 0 Å². The van der Waals surface area contributed by atoms with Crippen LogP contribution in [0.2, 0.25) is 0 Å². The molecule has 2 N–H and O–H groups in total. The molecule has 1 aromatic heterocycles. The van der Waals surface area contributed by atoms with E-state index in [4.69, 9.17) is 5.73 Å². The van der Waals surface area contributed by atoms with Crippen molar-refractivity contribution in [3.05, 3.63) is 82.7 Å². The van der Waals surface area contributed by atoms with Crippen LogP contribution in [0.4, 0.5) is 0 Å². The van der Waals surface area contributed by atoms with E-state index < -0.39 is 0 Å². The van der Waals surface area contributed by atoms with Crippen LogP contribution in [0.3, 0.4) is 0 Å². The molecule has 0 atom stereocenters. The molecule has 0 unspecified atom stereocenters. The fourth-order valence-electron chi connectivity index (χ4n) is 2.49. The highest BCUT2D eigenvalue weighted by atomic mass is 15.4.